The second-order valence-corrected chi connectivity index (χ2v) is 5.53. The summed E-state index contributed by atoms with van der Waals surface area (Å²) in [6, 6.07) is 4.09. The predicted octanol–water partition coefficient (Wildman–Crippen LogP) is 0.693. The van der Waals surface area contributed by atoms with Gasteiger partial charge in [0.2, 0.25) is 0 Å². The number of carboxylic acids is 1. The van der Waals surface area contributed by atoms with Gasteiger partial charge in [0.1, 0.15) is 0 Å². The molecule has 0 aromatic heterocycles. The van der Waals surface area contributed by atoms with E-state index < -0.39 is 16.2 Å². The standard InChI is InChI=1S/C9H9ClN2O4S/c10-8-2-1-6(5-7(8)9(13)14)12-4-3-11-17(12,15)16/h1-2,5,11H,3-4H2,(H,13,14). The number of hydrogen-bond acceptors (Lipinski definition) is 3. The van der Waals surface area contributed by atoms with Crippen molar-refractivity contribution in [3.05, 3.63) is 28.8 Å². The number of rotatable bonds is 2. The van der Waals surface area contributed by atoms with Crippen LogP contribution >= 0.6 is 11.6 Å². The lowest BCUT2D eigenvalue weighted by atomic mass is 10.2. The van der Waals surface area contributed by atoms with E-state index in [2.05, 4.69) is 4.72 Å². The predicted molar refractivity (Wildman–Crippen MR) is 62.7 cm³/mol. The van der Waals surface area contributed by atoms with Gasteiger partial charge in [-0.05, 0) is 18.2 Å². The van der Waals surface area contributed by atoms with E-state index in [0.717, 1.165) is 4.31 Å². The summed E-state index contributed by atoms with van der Waals surface area (Å²) in [5.74, 6) is -1.19. The fraction of sp³-hybridized carbons (Fsp3) is 0.222. The molecule has 0 amide bonds. The lowest BCUT2D eigenvalue weighted by Gasteiger charge is -2.16. The highest BCUT2D eigenvalue weighted by Crippen LogP contribution is 2.25. The van der Waals surface area contributed by atoms with Gasteiger partial charge in [-0.15, -0.1) is 0 Å². The minimum Gasteiger partial charge on any atom is -0.478 e. The number of nitrogens with one attached hydrogen (secondary N) is 1. The number of aromatic carboxylic acids is 1. The van der Waals surface area contributed by atoms with E-state index in [0.29, 0.717) is 6.54 Å². The number of halogens is 1. The molecule has 92 valence electrons. The first-order valence-electron chi connectivity index (χ1n) is 4.72. The molecule has 0 atom stereocenters. The highest BCUT2D eigenvalue weighted by Gasteiger charge is 2.28. The zero-order chi connectivity index (χ0) is 12.6. The van der Waals surface area contributed by atoms with Crippen molar-refractivity contribution >= 4 is 33.5 Å². The van der Waals surface area contributed by atoms with Crippen molar-refractivity contribution in [2.45, 2.75) is 0 Å². The summed E-state index contributed by atoms with van der Waals surface area (Å²) in [5, 5.41) is 8.97. The van der Waals surface area contributed by atoms with Crippen LogP contribution in [0.2, 0.25) is 5.02 Å². The minimum atomic E-state index is -3.55. The number of carbonyl (C=O) groups is 1. The fourth-order valence-corrected chi connectivity index (χ4v) is 3.00. The third-order valence-corrected chi connectivity index (χ3v) is 4.23. The van der Waals surface area contributed by atoms with Crippen LogP contribution in [-0.4, -0.2) is 32.6 Å². The van der Waals surface area contributed by atoms with E-state index in [-0.39, 0.29) is 22.8 Å². The molecule has 0 spiro atoms. The van der Waals surface area contributed by atoms with Gasteiger partial charge in [-0.1, -0.05) is 11.6 Å². The molecule has 1 saturated heterocycles. The van der Waals surface area contributed by atoms with Gasteiger partial charge >= 0.3 is 16.2 Å². The number of nitrogens with zero attached hydrogens (tertiary/aromatic N) is 1. The second-order valence-electron chi connectivity index (χ2n) is 3.44. The average Bonchev–Trinajstić information content (AvgIpc) is 2.58. The Labute approximate surface area is 103 Å². The quantitative estimate of drug-likeness (QED) is 0.832. The molecule has 1 fully saturated rings. The van der Waals surface area contributed by atoms with E-state index in [1.807, 2.05) is 0 Å². The third-order valence-electron chi connectivity index (χ3n) is 2.36. The van der Waals surface area contributed by atoms with Gasteiger partial charge < -0.3 is 5.11 Å². The molecule has 0 aliphatic carbocycles. The highest BCUT2D eigenvalue weighted by atomic mass is 35.5. The molecule has 0 saturated carbocycles. The van der Waals surface area contributed by atoms with Crippen LogP contribution < -0.4 is 9.03 Å². The van der Waals surface area contributed by atoms with Gasteiger partial charge in [0.05, 0.1) is 16.3 Å². The normalized spacial score (nSPS) is 18.3. The first-order valence-corrected chi connectivity index (χ1v) is 6.54. The van der Waals surface area contributed by atoms with Crippen LogP contribution in [-0.2, 0) is 10.2 Å². The lowest BCUT2D eigenvalue weighted by molar-refractivity contribution is 0.0697. The fourth-order valence-electron chi connectivity index (χ4n) is 1.57. The monoisotopic (exact) mass is 276 g/mol. The van der Waals surface area contributed by atoms with Gasteiger partial charge in [0.15, 0.2) is 0 Å². The minimum absolute atomic E-state index is 0.0748. The Morgan fingerprint density at radius 1 is 1.47 bits per heavy atom. The molecule has 17 heavy (non-hydrogen) atoms. The van der Waals surface area contributed by atoms with Crippen molar-refractivity contribution in [3.63, 3.8) is 0 Å². The van der Waals surface area contributed by atoms with Crippen LogP contribution in [0.3, 0.4) is 0 Å². The van der Waals surface area contributed by atoms with Crippen molar-refractivity contribution in [2.24, 2.45) is 0 Å². The second kappa shape index (κ2) is 4.17. The van der Waals surface area contributed by atoms with Crippen LogP contribution in [0.5, 0.6) is 0 Å². The molecule has 0 radical (unpaired) electrons. The lowest BCUT2D eigenvalue weighted by Crippen LogP contribution is -2.29. The summed E-state index contributed by atoms with van der Waals surface area (Å²) >= 11 is 5.70. The number of anilines is 1. The maximum atomic E-state index is 11.6. The van der Waals surface area contributed by atoms with Crippen LogP contribution in [0.4, 0.5) is 5.69 Å². The SMILES string of the molecule is O=C(O)c1cc(N2CCNS2(=O)=O)ccc1Cl. The zero-order valence-corrected chi connectivity index (χ0v) is 10.1. The van der Waals surface area contributed by atoms with Gasteiger partial charge in [0, 0.05) is 13.1 Å². The molecular weight excluding hydrogens is 268 g/mol. The molecule has 0 bridgehead atoms. The molecule has 1 aliphatic rings. The van der Waals surface area contributed by atoms with Crippen LogP contribution in [0.25, 0.3) is 0 Å². The van der Waals surface area contributed by atoms with Crippen LogP contribution in [0.1, 0.15) is 10.4 Å². The summed E-state index contributed by atoms with van der Waals surface area (Å²) in [6.07, 6.45) is 0. The molecule has 2 N–H and O–H groups in total. The van der Waals surface area contributed by atoms with Crippen molar-refractivity contribution in [1.29, 1.82) is 0 Å². The Bertz CT molecular complexity index is 572. The van der Waals surface area contributed by atoms with Gasteiger partial charge in [-0.2, -0.15) is 13.1 Å². The largest absolute Gasteiger partial charge is 0.478 e. The van der Waals surface area contributed by atoms with Crippen LogP contribution in [0, 0.1) is 0 Å². The Morgan fingerprint density at radius 3 is 2.71 bits per heavy atom. The molecule has 2 rings (SSSR count). The van der Waals surface area contributed by atoms with Crippen LogP contribution in [0.15, 0.2) is 18.2 Å². The average molecular weight is 277 g/mol. The molecule has 8 heteroatoms. The van der Waals surface area contributed by atoms with E-state index in [1.165, 1.54) is 18.2 Å². The number of hydrogen-bond donors (Lipinski definition) is 2. The van der Waals surface area contributed by atoms with Crippen molar-refractivity contribution in [1.82, 2.24) is 4.72 Å². The van der Waals surface area contributed by atoms with E-state index in [9.17, 15) is 13.2 Å². The van der Waals surface area contributed by atoms with Gasteiger partial charge in [0.25, 0.3) is 0 Å². The highest BCUT2D eigenvalue weighted by molar-refractivity contribution is 7.91. The molecule has 1 aromatic carbocycles. The van der Waals surface area contributed by atoms with E-state index >= 15 is 0 Å². The number of carboxylic acid groups (broad SMARTS) is 1. The van der Waals surface area contributed by atoms with E-state index in [1.54, 1.807) is 0 Å². The van der Waals surface area contributed by atoms with Crippen molar-refractivity contribution in [2.75, 3.05) is 17.4 Å². The molecule has 1 aromatic rings. The van der Waals surface area contributed by atoms with Crippen molar-refractivity contribution < 1.29 is 18.3 Å². The molecule has 1 heterocycles. The first kappa shape index (κ1) is 12.2. The molecule has 1 aliphatic heterocycles. The van der Waals surface area contributed by atoms with E-state index in [4.69, 9.17) is 16.7 Å². The smallest absolute Gasteiger partial charge is 0.337 e. The Morgan fingerprint density at radius 2 is 2.18 bits per heavy atom. The third kappa shape index (κ3) is 2.21. The topological polar surface area (TPSA) is 86.7 Å². The van der Waals surface area contributed by atoms with Crippen molar-refractivity contribution in [3.8, 4) is 0 Å². The number of benzene rings is 1. The Hall–Kier alpha value is -1.31. The van der Waals surface area contributed by atoms with Gasteiger partial charge in [-0.3, -0.25) is 4.31 Å². The molecule has 0 unspecified atom stereocenters. The Kier molecular flexibility index (Phi) is 2.98. The summed E-state index contributed by atoms with van der Waals surface area (Å²) in [7, 11) is -3.55. The summed E-state index contributed by atoms with van der Waals surface area (Å²) in [4.78, 5) is 10.9. The summed E-state index contributed by atoms with van der Waals surface area (Å²) < 4.78 is 26.6. The Balaban J connectivity index is 2.47. The molecule has 6 nitrogen and oxygen atoms in total. The summed E-state index contributed by atoms with van der Waals surface area (Å²) in [6.45, 7) is 0.566. The maximum absolute atomic E-state index is 11.6. The molecular formula is C9H9ClN2O4S. The first-order chi connectivity index (χ1) is 7.92. The maximum Gasteiger partial charge on any atom is 0.337 e. The zero-order valence-electron chi connectivity index (χ0n) is 8.55. The van der Waals surface area contributed by atoms with Gasteiger partial charge in [-0.25, -0.2) is 4.79 Å². The summed E-state index contributed by atoms with van der Waals surface area (Å²) in [5.41, 5.74) is 0.170.